The van der Waals surface area contributed by atoms with Gasteiger partial charge in [0.15, 0.2) is 0 Å². The van der Waals surface area contributed by atoms with Crippen LogP contribution in [0.4, 0.5) is 0 Å². The topological polar surface area (TPSA) is 32.3 Å². The smallest absolute Gasteiger partial charge is 0.251 e. The minimum absolute atomic E-state index is 0.00117. The number of carbonyl (C=O) groups excluding carboxylic acids is 1. The summed E-state index contributed by atoms with van der Waals surface area (Å²) >= 11 is 4.30. The minimum atomic E-state index is -0.00117. The van der Waals surface area contributed by atoms with Gasteiger partial charge in [-0.1, -0.05) is 19.9 Å². The molecule has 0 radical (unpaired) electrons. The van der Waals surface area contributed by atoms with Crippen LogP contribution in [0.3, 0.4) is 0 Å². The number of hydrogen-bond donors (Lipinski definition) is 2. The van der Waals surface area contributed by atoms with Crippen molar-refractivity contribution in [1.29, 1.82) is 0 Å². The van der Waals surface area contributed by atoms with Gasteiger partial charge in [0.25, 0.3) is 5.91 Å². The summed E-state index contributed by atoms with van der Waals surface area (Å²) in [5.41, 5.74) is 1.71. The molecule has 3 nitrogen and oxygen atoms in total. The van der Waals surface area contributed by atoms with Crippen LogP contribution in [-0.2, 0) is 0 Å². The van der Waals surface area contributed by atoms with E-state index in [9.17, 15) is 4.79 Å². The molecule has 1 rings (SSSR count). The van der Waals surface area contributed by atoms with Gasteiger partial charge >= 0.3 is 0 Å². The van der Waals surface area contributed by atoms with E-state index in [1.165, 1.54) is 0 Å². The molecule has 1 N–H and O–H groups in total. The molecule has 0 bridgehead atoms. The molecule has 0 aromatic heterocycles. The molecule has 1 aromatic rings. The largest absolute Gasteiger partial charge is 0.350 e. The first-order valence-electron chi connectivity index (χ1n) is 7.80. The second-order valence-corrected chi connectivity index (χ2v) is 6.06. The van der Waals surface area contributed by atoms with Gasteiger partial charge in [0.05, 0.1) is 0 Å². The van der Waals surface area contributed by atoms with Gasteiger partial charge in [-0.25, -0.2) is 0 Å². The van der Waals surface area contributed by atoms with Gasteiger partial charge in [0, 0.05) is 16.5 Å². The molecule has 1 amide bonds. The molecule has 0 heterocycles. The zero-order valence-corrected chi connectivity index (χ0v) is 14.5. The van der Waals surface area contributed by atoms with E-state index in [4.69, 9.17) is 0 Å². The van der Waals surface area contributed by atoms with Gasteiger partial charge in [-0.3, -0.25) is 4.79 Å². The molecule has 0 aliphatic rings. The Labute approximate surface area is 134 Å². The predicted molar refractivity (Wildman–Crippen MR) is 92.4 cm³/mol. The third kappa shape index (κ3) is 6.10. The van der Waals surface area contributed by atoms with Crippen molar-refractivity contribution in [2.24, 2.45) is 0 Å². The summed E-state index contributed by atoms with van der Waals surface area (Å²) in [6, 6.07) is 5.86. The summed E-state index contributed by atoms with van der Waals surface area (Å²) in [6.07, 6.45) is 2.11. The molecule has 1 unspecified atom stereocenters. The van der Waals surface area contributed by atoms with Crippen molar-refractivity contribution in [2.75, 3.05) is 19.6 Å². The van der Waals surface area contributed by atoms with E-state index in [-0.39, 0.29) is 11.9 Å². The molecule has 1 aromatic carbocycles. The molecule has 1 atom stereocenters. The maximum absolute atomic E-state index is 12.3. The quantitative estimate of drug-likeness (QED) is 0.720. The highest BCUT2D eigenvalue weighted by molar-refractivity contribution is 7.80. The molecular formula is C17H28N2OS. The van der Waals surface area contributed by atoms with Crippen molar-refractivity contribution in [1.82, 2.24) is 10.2 Å². The molecule has 0 saturated heterocycles. The molecule has 0 aliphatic carbocycles. The van der Waals surface area contributed by atoms with Crippen LogP contribution in [0.1, 0.15) is 49.5 Å². The number of benzene rings is 1. The summed E-state index contributed by atoms with van der Waals surface area (Å²) in [7, 11) is 0. The lowest BCUT2D eigenvalue weighted by Gasteiger charge is -2.20. The predicted octanol–water partition coefficient (Wildman–Crippen LogP) is 3.52. The second-order valence-electron chi connectivity index (χ2n) is 5.54. The van der Waals surface area contributed by atoms with Gasteiger partial charge in [0.2, 0.25) is 0 Å². The third-order valence-electron chi connectivity index (χ3n) is 3.85. The Morgan fingerprint density at radius 2 is 2.00 bits per heavy atom. The van der Waals surface area contributed by atoms with E-state index < -0.39 is 0 Å². The van der Waals surface area contributed by atoms with Crippen LogP contribution in [0.2, 0.25) is 0 Å². The Balaban J connectivity index is 2.45. The highest BCUT2D eigenvalue weighted by Gasteiger charge is 2.12. The van der Waals surface area contributed by atoms with Crippen LogP contribution in [0.15, 0.2) is 23.1 Å². The van der Waals surface area contributed by atoms with Crippen LogP contribution in [0.5, 0.6) is 0 Å². The average molecular weight is 308 g/mol. The summed E-state index contributed by atoms with van der Waals surface area (Å²) in [5, 5.41) is 3.08. The first kappa shape index (κ1) is 18.1. The van der Waals surface area contributed by atoms with Crippen LogP contribution in [-0.4, -0.2) is 36.5 Å². The third-order valence-corrected chi connectivity index (χ3v) is 4.13. The summed E-state index contributed by atoms with van der Waals surface area (Å²) in [4.78, 5) is 15.5. The molecular weight excluding hydrogens is 280 g/mol. The highest BCUT2D eigenvalue weighted by atomic mass is 32.1. The summed E-state index contributed by atoms with van der Waals surface area (Å²) in [5.74, 6) is -0.00117. The van der Waals surface area contributed by atoms with Gasteiger partial charge in [-0.2, -0.15) is 0 Å². The fraction of sp³-hybridized carbons (Fsp3) is 0.588. The molecule has 0 fully saturated rings. The van der Waals surface area contributed by atoms with E-state index in [0.717, 1.165) is 48.5 Å². The fourth-order valence-electron chi connectivity index (χ4n) is 2.39. The summed E-state index contributed by atoms with van der Waals surface area (Å²) < 4.78 is 0. The van der Waals surface area contributed by atoms with Gasteiger partial charge in [-0.15, -0.1) is 12.6 Å². The van der Waals surface area contributed by atoms with E-state index in [0.29, 0.717) is 0 Å². The van der Waals surface area contributed by atoms with Crippen molar-refractivity contribution in [3.63, 3.8) is 0 Å². The Hall–Kier alpha value is -1.00. The lowest BCUT2D eigenvalue weighted by Crippen LogP contribution is -2.34. The number of nitrogens with zero attached hydrogens (tertiary/aromatic N) is 1. The monoisotopic (exact) mass is 308 g/mol. The maximum Gasteiger partial charge on any atom is 0.251 e. The Kier molecular flexibility index (Phi) is 7.83. The van der Waals surface area contributed by atoms with Gasteiger partial charge in [0.1, 0.15) is 0 Å². The van der Waals surface area contributed by atoms with Gasteiger partial charge < -0.3 is 10.2 Å². The second kappa shape index (κ2) is 9.11. The normalized spacial score (nSPS) is 12.5. The van der Waals surface area contributed by atoms with Crippen LogP contribution >= 0.6 is 12.6 Å². The van der Waals surface area contributed by atoms with Crippen LogP contribution in [0, 0.1) is 6.92 Å². The zero-order chi connectivity index (χ0) is 15.8. The maximum atomic E-state index is 12.3. The molecule has 0 aliphatic heterocycles. The number of nitrogens with one attached hydrogen (secondary N) is 1. The Morgan fingerprint density at radius 3 is 2.62 bits per heavy atom. The number of thiol groups is 1. The molecule has 0 saturated carbocycles. The van der Waals surface area contributed by atoms with E-state index in [2.05, 4.69) is 43.6 Å². The lowest BCUT2D eigenvalue weighted by atomic mass is 10.1. The van der Waals surface area contributed by atoms with Crippen LogP contribution < -0.4 is 5.32 Å². The first-order chi connectivity index (χ1) is 9.97. The first-order valence-corrected chi connectivity index (χ1v) is 8.25. The molecule has 0 spiro atoms. The minimum Gasteiger partial charge on any atom is -0.350 e. The SMILES string of the molecule is CCN(CC)CCCC(C)NC(=O)c1cc(S)ccc1C. The van der Waals surface area contributed by atoms with Crippen molar-refractivity contribution >= 4 is 18.5 Å². The van der Waals surface area contributed by atoms with Crippen molar-refractivity contribution in [3.8, 4) is 0 Å². The Morgan fingerprint density at radius 1 is 1.33 bits per heavy atom. The standard InChI is InChI=1S/C17H28N2OS/c1-5-19(6-2)11-7-8-14(4)18-17(20)16-12-15(21)10-9-13(16)3/h9-10,12,14,21H,5-8,11H2,1-4H3,(H,18,20). The average Bonchev–Trinajstić information content (AvgIpc) is 2.46. The number of aryl methyl sites for hydroxylation is 1. The Bertz CT molecular complexity index is 458. The molecule has 21 heavy (non-hydrogen) atoms. The molecule has 118 valence electrons. The number of rotatable bonds is 8. The zero-order valence-electron chi connectivity index (χ0n) is 13.6. The van der Waals surface area contributed by atoms with Crippen molar-refractivity contribution < 1.29 is 4.79 Å². The number of amides is 1. The van der Waals surface area contributed by atoms with Crippen molar-refractivity contribution in [3.05, 3.63) is 29.3 Å². The van der Waals surface area contributed by atoms with E-state index >= 15 is 0 Å². The van der Waals surface area contributed by atoms with E-state index in [1.807, 2.05) is 25.1 Å². The number of hydrogen-bond acceptors (Lipinski definition) is 3. The number of carbonyl (C=O) groups is 1. The molecule has 4 heteroatoms. The van der Waals surface area contributed by atoms with Crippen molar-refractivity contribution in [2.45, 2.75) is 51.5 Å². The van der Waals surface area contributed by atoms with E-state index in [1.54, 1.807) is 0 Å². The highest BCUT2D eigenvalue weighted by Crippen LogP contribution is 2.14. The van der Waals surface area contributed by atoms with Gasteiger partial charge in [-0.05, 0) is 64.0 Å². The summed E-state index contributed by atoms with van der Waals surface area (Å²) in [6.45, 7) is 11.7. The van der Waals surface area contributed by atoms with Crippen LogP contribution in [0.25, 0.3) is 0 Å². The fourth-order valence-corrected chi connectivity index (χ4v) is 2.59. The lowest BCUT2D eigenvalue weighted by molar-refractivity contribution is 0.0936.